The van der Waals surface area contributed by atoms with Crippen LogP contribution in [-0.4, -0.2) is 29.6 Å². The second-order valence-electron chi connectivity index (χ2n) is 7.23. The lowest BCUT2D eigenvalue weighted by atomic mass is 9.76. The zero-order valence-electron chi connectivity index (χ0n) is 13.5. The van der Waals surface area contributed by atoms with Crippen molar-refractivity contribution in [2.24, 2.45) is 23.0 Å². The molecular formula is C16H30N2O3. The average molecular weight is 298 g/mol. The molecule has 0 heterocycles. The molecule has 5 nitrogen and oxygen atoms in total. The number of carbonyl (C=O) groups is 2. The Morgan fingerprint density at radius 3 is 2.48 bits per heavy atom. The molecule has 3 atom stereocenters. The Morgan fingerprint density at radius 1 is 1.29 bits per heavy atom. The molecule has 1 saturated carbocycles. The maximum absolute atomic E-state index is 12.1. The SMILES string of the molecule is CC(C)(C)C(CCN)CCC(=O)NC1CCCC1C(=O)O. The van der Waals surface area contributed by atoms with Crippen molar-refractivity contribution in [1.29, 1.82) is 0 Å². The molecule has 0 aromatic heterocycles. The molecular weight excluding hydrogens is 268 g/mol. The van der Waals surface area contributed by atoms with Crippen molar-refractivity contribution in [1.82, 2.24) is 5.32 Å². The van der Waals surface area contributed by atoms with E-state index in [1.165, 1.54) is 0 Å². The zero-order valence-corrected chi connectivity index (χ0v) is 13.5. The molecule has 0 saturated heterocycles. The van der Waals surface area contributed by atoms with Gasteiger partial charge in [-0.2, -0.15) is 0 Å². The molecule has 122 valence electrons. The predicted molar refractivity (Wildman–Crippen MR) is 82.8 cm³/mol. The molecule has 0 bridgehead atoms. The summed E-state index contributed by atoms with van der Waals surface area (Å²) in [4.78, 5) is 23.2. The zero-order chi connectivity index (χ0) is 16.0. The highest BCUT2D eigenvalue weighted by Gasteiger charge is 2.34. The maximum Gasteiger partial charge on any atom is 0.308 e. The fraction of sp³-hybridized carbons (Fsp3) is 0.875. The minimum absolute atomic E-state index is 0.0283. The van der Waals surface area contributed by atoms with Crippen molar-refractivity contribution in [3.63, 3.8) is 0 Å². The van der Waals surface area contributed by atoms with Crippen LogP contribution in [0.15, 0.2) is 0 Å². The van der Waals surface area contributed by atoms with E-state index >= 15 is 0 Å². The van der Waals surface area contributed by atoms with Crippen LogP contribution in [-0.2, 0) is 9.59 Å². The van der Waals surface area contributed by atoms with E-state index in [0.29, 0.717) is 25.3 Å². The van der Waals surface area contributed by atoms with E-state index in [0.717, 1.165) is 25.7 Å². The second-order valence-corrected chi connectivity index (χ2v) is 7.23. The Balaban J connectivity index is 2.44. The van der Waals surface area contributed by atoms with Gasteiger partial charge in [-0.15, -0.1) is 0 Å². The number of rotatable bonds is 7. The number of amides is 1. The summed E-state index contributed by atoms with van der Waals surface area (Å²) in [6.45, 7) is 7.14. The highest BCUT2D eigenvalue weighted by Crippen LogP contribution is 2.32. The Morgan fingerprint density at radius 2 is 1.95 bits per heavy atom. The number of hydrogen-bond acceptors (Lipinski definition) is 3. The van der Waals surface area contributed by atoms with Crippen molar-refractivity contribution in [2.75, 3.05) is 6.54 Å². The summed E-state index contributed by atoms with van der Waals surface area (Å²) in [5.41, 5.74) is 5.79. The predicted octanol–water partition coefficient (Wildman–Crippen LogP) is 2.15. The van der Waals surface area contributed by atoms with Gasteiger partial charge >= 0.3 is 5.97 Å². The van der Waals surface area contributed by atoms with Crippen molar-refractivity contribution in [3.05, 3.63) is 0 Å². The van der Waals surface area contributed by atoms with Crippen LogP contribution in [0.25, 0.3) is 0 Å². The third kappa shape index (κ3) is 5.65. The first kappa shape index (κ1) is 18.0. The maximum atomic E-state index is 12.1. The van der Waals surface area contributed by atoms with E-state index in [-0.39, 0.29) is 17.4 Å². The number of carbonyl (C=O) groups excluding carboxylic acids is 1. The molecule has 21 heavy (non-hydrogen) atoms. The molecule has 1 amide bonds. The number of aliphatic carboxylic acids is 1. The van der Waals surface area contributed by atoms with E-state index < -0.39 is 11.9 Å². The van der Waals surface area contributed by atoms with Crippen LogP contribution < -0.4 is 11.1 Å². The van der Waals surface area contributed by atoms with Gasteiger partial charge in [0, 0.05) is 12.5 Å². The average Bonchev–Trinajstić information content (AvgIpc) is 2.81. The third-order valence-electron chi connectivity index (χ3n) is 4.64. The van der Waals surface area contributed by atoms with Crippen LogP contribution in [0.1, 0.15) is 59.3 Å². The molecule has 4 N–H and O–H groups in total. The highest BCUT2D eigenvalue weighted by molar-refractivity contribution is 5.78. The molecule has 1 fully saturated rings. The monoisotopic (exact) mass is 298 g/mol. The lowest BCUT2D eigenvalue weighted by molar-refractivity contribution is -0.142. The van der Waals surface area contributed by atoms with Gasteiger partial charge < -0.3 is 16.2 Å². The van der Waals surface area contributed by atoms with Gasteiger partial charge in [-0.05, 0) is 43.6 Å². The van der Waals surface area contributed by atoms with E-state index in [2.05, 4.69) is 26.1 Å². The molecule has 1 aliphatic carbocycles. The Hall–Kier alpha value is -1.10. The van der Waals surface area contributed by atoms with Gasteiger partial charge in [0.2, 0.25) is 5.91 Å². The Kier molecular flexibility index (Phi) is 6.65. The topological polar surface area (TPSA) is 92.4 Å². The first-order chi connectivity index (χ1) is 9.75. The van der Waals surface area contributed by atoms with Crippen molar-refractivity contribution in [3.8, 4) is 0 Å². The van der Waals surface area contributed by atoms with E-state index in [1.807, 2.05) is 0 Å². The smallest absolute Gasteiger partial charge is 0.308 e. The van der Waals surface area contributed by atoms with Gasteiger partial charge in [0.25, 0.3) is 0 Å². The third-order valence-corrected chi connectivity index (χ3v) is 4.64. The summed E-state index contributed by atoms with van der Waals surface area (Å²) in [6, 6.07) is -0.197. The minimum Gasteiger partial charge on any atom is -0.481 e. The number of carboxylic acids is 1. The van der Waals surface area contributed by atoms with Crippen LogP contribution in [0.4, 0.5) is 0 Å². The summed E-state index contributed by atoms with van der Waals surface area (Å²) >= 11 is 0. The first-order valence-corrected chi connectivity index (χ1v) is 7.98. The fourth-order valence-corrected chi connectivity index (χ4v) is 3.22. The lowest BCUT2D eigenvalue weighted by Gasteiger charge is -2.30. The standard InChI is InChI=1S/C16H30N2O3/c1-16(2,3)11(9-10-17)7-8-14(19)18-13-6-4-5-12(13)15(20)21/h11-13H,4-10,17H2,1-3H3,(H,18,19)(H,20,21). The second kappa shape index (κ2) is 7.78. The fourth-order valence-electron chi connectivity index (χ4n) is 3.22. The van der Waals surface area contributed by atoms with Gasteiger partial charge in [-0.25, -0.2) is 0 Å². The van der Waals surface area contributed by atoms with Crippen molar-refractivity contribution < 1.29 is 14.7 Å². The van der Waals surface area contributed by atoms with Gasteiger partial charge in [0.05, 0.1) is 5.92 Å². The highest BCUT2D eigenvalue weighted by atomic mass is 16.4. The van der Waals surface area contributed by atoms with Crippen molar-refractivity contribution >= 4 is 11.9 Å². The minimum atomic E-state index is -0.798. The van der Waals surface area contributed by atoms with E-state index in [9.17, 15) is 9.59 Å². The summed E-state index contributed by atoms with van der Waals surface area (Å²) in [7, 11) is 0. The number of hydrogen-bond donors (Lipinski definition) is 3. The normalized spacial score (nSPS) is 23.8. The van der Waals surface area contributed by atoms with E-state index in [4.69, 9.17) is 10.8 Å². The summed E-state index contributed by atoms with van der Waals surface area (Å²) in [5.74, 6) is -0.837. The summed E-state index contributed by atoms with van der Waals surface area (Å²) < 4.78 is 0. The molecule has 1 aliphatic rings. The lowest BCUT2D eigenvalue weighted by Crippen LogP contribution is -2.40. The molecule has 0 aliphatic heterocycles. The van der Waals surface area contributed by atoms with Gasteiger partial charge in [0.1, 0.15) is 0 Å². The number of nitrogens with one attached hydrogen (secondary N) is 1. The van der Waals surface area contributed by atoms with E-state index in [1.54, 1.807) is 0 Å². The summed E-state index contributed by atoms with van der Waals surface area (Å²) in [5, 5.41) is 12.0. The quantitative estimate of drug-likeness (QED) is 0.671. The largest absolute Gasteiger partial charge is 0.481 e. The molecule has 1 rings (SSSR count). The van der Waals surface area contributed by atoms with Crippen LogP contribution in [0.2, 0.25) is 0 Å². The molecule has 5 heteroatoms. The number of carboxylic acid groups (broad SMARTS) is 1. The Bertz CT molecular complexity index is 363. The van der Waals surface area contributed by atoms with Gasteiger partial charge in [-0.3, -0.25) is 9.59 Å². The molecule has 0 radical (unpaired) electrons. The first-order valence-electron chi connectivity index (χ1n) is 7.98. The van der Waals surface area contributed by atoms with Crippen LogP contribution in [0.5, 0.6) is 0 Å². The summed E-state index contributed by atoms with van der Waals surface area (Å²) in [6.07, 6.45) is 4.48. The van der Waals surface area contributed by atoms with Crippen LogP contribution >= 0.6 is 0 Å². The Labute approximate surface area is 127 Å². The van der Waals surface area contributed by atoms with Crippen molar-refractivity contribution in [2.45, 2.75) is 65.3 Å². The molecule has 3 unspecified atom stereocenters. The van der Waals surface area contributed by atoms with Crippen LogP contribution in [0.3, 0.4) is 0 Å². The molecule has 0 aromatic carbocycles. The van der Waals surface area contributed by atoms with Gasteiger partial charge in [-0.1, -0.05) is 27.2 Å². The molecule has 0 aromatic rings. The van der Waals surface area contributed by atoms with Crippen LogP contribution in [0, 0.1) is 17.3 Å². The van der Waals surface area contributed by atoms with Gasteiger partial charge in [0.15, 0.2) is 0 Å². The molecule has 0 spiro atoms. The number of nitrogens with two attached hydrogens (primary N) is 1.